The molecule has 33 heavy (non-hydrogen) atoms. The maximum atomic E-state index is 12.9. The van der Waals surface area contributed by atoms with Crippen molar-refractivity contribution in [3.8, 4) is 5.75 Å². The minimum atomic E-state index is 0.142. The highest BCUT2D eigenvalue weighted by molar-refractivity contribution is 6.42. The van der Waals surface area contributed by atoms with Gasteiger partial charge in [0.05, 0.1) is 10.0 Å². The van der Waals surface area contributed by atoms with E-state index in [1.807, 2.05) is 61.2 Å². The van der Waals surface area contributed by atoms with Crippen LogP contribution in [-0.4, -0.2) is 68.1 Å². The van der Waals surface area contributed by atoms with Gasteiger partial charge in [-0.2, -0.15) is 0 Å². The normalized spacial score (nSPS) is 18.4. The highest BCUT2D eigenvalue weighted by Gasteiger charge is 2.30. The second kappa shape index (κ2) is 10.5. The average molecular weight is 490 g/mol. The summed E-state index contributed by atoms with van der Waals surface area (Å²) < 4.78 is 6.25. The van der Waals surface area contributed by atoms with Crippen molar-refractivity contribution in [1.82, 2.24) is 9.80 Å². The van der Waals surface area contributed by atoms with Crippen LogP contribution < -0.4 is 9.64 Å². The number of nitrogens with zero attached hydrogens (tertiary/aromatic N) is 3. The average Bonchev–Trinajstić information content (AvgIpc) is 2.84. The summed E-state index contributed by atoms with van der Waals surface area (Å²) in [5.41, 5.74) is 2.78. The molecule has 0 aliphatic carbocycles. The van der Waals surface area contributed by atoms with Gasteiger partial charge < -0.3 is 14.5 Å². The van der Waals surface area contributed by atoms with Gasteiger partial charge in [0, 0.05) is 63.1 Å². The Bertz CT molecular complexity index is 964. The predicted octanol–water partition coefficient (Wildman–Crippen LogP) is 5.52. The number of amides is 1. The number of likely N-dealkylation sites (tertiary alicyclic amines) is 2. The van der Waals surface area contributed by atoms with Crippen LogP contribution in [0.25, 0.3) is 0 Å². The van der Waals surface area contributed by atoms with Crippen molar-refractivity contribution in [2.75, 3.05) is 45.2 Å². The number of benzene rings is 2. The molecule has 2 aliphatic rings. The number of rotatable bonds is 5. The van der Waals surface area contributed by atoms with Crippen molar-refractivity contribution in [2.24, 2.45) is 0 Å². The Morgan fingerprint density at radius 1 is 0.939 bits per heavy atom. The van der Waals surface area contributed by atoms with E-state index in [1.165, 1.54) is 0 Å². The highest BCUT2D eigenvalue weighted by atomic mass is 35.5. The van der Waals surface area contributed by atoms with Gasteiger partial charge in [0.25, 0.3) is 5.91 Å². The Hall–Kier alpha value is -1.95. The Morgan fingerprint density at radius 2 is 1.58 bits per heavy atom. The summed E-state index contributed by atoms with van der Waals surface area (Å²) >= 11 is 12.4. The van der Waals surface area contributed by atoms with Gasteiger partial charge in [0.2, 0.25) is 0 Å². The molecule has 1 amide bonds. The van der Waals surface area contributed by atoms with E-state index < -0.39 is 0 Å². The molecular weight excluding hydrogens is 457 g/mol. The number of anilines is 1. The zero-order chi connectivity index (χ0) is 23.5. The monoisotopic (exact) mass is 489 g/mol. The van der Waals surface area contributed by atoms with E-state index >= 15 is 0 Å². The van der Waals surface area contributed by atoms with Crippen LogP contribution in [0.3, 0.4) is 0 Å². The summed E-state index contributed by atoms with van der Waals surface area (Å²) in [4.78, 5) is 19.5. The van der Waals surface area contributed by atoms with Gasteiger partial charge in [-0.05, 0) is 69.0 Å². The van der Waals surface area contributed by atoms with Crippen LogP contribution in [0.15, 0.2) is 36.4 Å². The second-order valence-electron chi connectivity index (χ2n) is 9.30. The van der Waals surface area contributed by atoms with Gasteiger partial charge >= 0.3 is 0 Å². The van der Waals surface area contributed by atoms with Crippen molar-refractivity contribution < 1.29 is 9.53 Å². The third kappa shape index (κ3) is 5.59. The summed E-state index contributed by atoms with van der Waals surface area (Å²) in [7, 11) is 4.01. The maximum Gasteiger partial charge on any atom is 0.253 e. The first-order valence-electron chi connectivity index (χ1n) is 11.8. The number of carbonyl (C=O) groups is 1. The number of hydrogen-bond donors (Lipinski definition) is 0. The number of piperidine rings is 2. The number of halogens is 2. The fourth-order valence-corrected chi connectivity index (χ4v) is 5.18. The molecule has 0 spiro atoms. The Labute approximate surface area is 207 Å². The molecule has 0 aromatic heterocycles. The van der Waals surface area contributed by atoms with Crippen LogP contribution >= 0.6 is 23.2 Å². The van der Waals surface area contributed by atoms with E-state index in [4.69, 9.17) is 27.9 Å². The van der Waals surface area contributed by atoms with E-state index in [2.05, 4.69) is 4.90 Å². The summed E-state index contributed by atoms with van der Waals surface area (Å²) in [5.74, 6) is 0.969. The van der Waals surface area contributed by atoms with Gasteiger partial charge in [-0.1, -0.05) is 23.2 Å². The van der Waals surface area contributed by atoms with E-state index in [-0.39, 0.29) is 12.0 Å². The zero-order valence-electron chi connectivity index (χ0n) is 19.7. The molecule has 2 fully saturated rings. The lowest BCUT2D eigenvalue weighted by Gasteiger charge is -2.41. The van der Waals surface area contributed by atoms with Crippen molar-refractivity contribution in [2.45, 2.75) is 44.8 Å². The molecule has 2 aromatic rings. The SMILES string of the molecule is Cc1c(OC2CCN(C3CCN(C(=O)c4ccc(N(C)C)cc4)CC3)CC2)ccc(Cl)c1Cl. The van der Waals surface area contributed by atoms with Crippen molar-refractivity contribution >= 4 is 34.8 Å². The first-order chi connectivity index (χ1) is 15.8. The minimum Gasteiger partial charge on any atom is -0.490 e. The fourth-order valence-electron chi connectivity index (χ4n) is 4.82. The Kier molecular flexibility index (Phi) is 7.72. The second-order valence-corrected chi connectivity index (χ2v) is 10.1. The van der Waals surface area contributed by atoms with Crippen LogP contribution in [0.4, 0.5) is 5.69 Å². The zero-order valence-corrected chi connectivity index (χ0v) is 21.2. The molecule has 2 saturated heterocycles. The topological polar surface area (TPSA) is 36.0 Å². The molecule has 7 heteroatoms. The van der Waals surface area contributed by atoms with Gasteiger partial charge in [0.15, 0.2) is 0 Å². The van der Waals surface area contributed by atoms with Crippen molar-refractivity contribution in [3.63, 3.8) is 0 Å². The van der Waals surface area contributed by atoms with Crippen LogP contribution in [0.5, 0.6) is 5.75 Å². The molecule has 2 heterocycles. The summed E-state index contributed by atoms with van der Waals surface area (Å²) in [5, 5.41) is 1.13. The lowest BCUT2D eigenvalue weighted by atomic mass is 9.98. The molecule has 0 bridgehead atoms. The van der Waals surface area contributed by atoms with Crippen LogP contribution in [0.2, 0.25) is 10.0 Å². The first-order valence-corrected chi connectivity index (χ1v) is 12.5. The molecule has 0 radical (unpaired) electrons. The number of ether oxygens (including phenoxy) is 1. The molecule has 0 unspecified atom stereocenters. The van der Waals surface area contributed by atoms with Gasteiger partial charge in [0.1, 0.15) is 11.9 Å². The molecule has 4 rings (SSSR count). The summed E-state index contributed by atoms with van der Waals surface area (Å²) in [6.45, 7) is 5.63. The Balaban J connectivity index is 1.25. The molecule has 178 valence electrons. The van der Waals surface area contributed by atoms with Crippen molar-refractivity contribution in [1.29, 1.82) is 0 Å². The first kappa shape index (κ1) is 24.2. The Morgan fingerprint density at radius 3 is 2.18 bits per heavy atom. The molecule has 5 nitrogen and oxygen atoms in total. The number of carbonyl (C=O) groups excluding carboxylic acids is 1. The summed E-state index contributed by atoms with van der Waals surface area (Å²) in [6.07, 6.45) is 4.25. The van der Waals surface area contributed by atoms with E-state index in [0.29, 0.717) is 16.1 Å². The third-order valence-corrected chi connectivity index (χ3v) is 7.86. The number of hydrogen-bond acceptors (Lipinski definition) is 4. The molecule has 2 aliphatic heterocycles. The smallest absolute Gasteiger partial charge is 0.253 e. The van der Waals surface area contributed by atoms with E-state index in [1.54, 1.807) is 6.07 Å². The maximum absolute atomic E-state index is 12.9. The minimum absolute atomic E-state index is 0.142. The fraction of sp³-hybridized carbons (Fsp3) is 0.500. The molecule has 0 N–H and O–H groups in total. The van der Waals surface area contributed by atoms with Crippen molar-refractivity contribution in [3.05, 3.63) is 57.6 Å². The molecule has 2 aromatic carbocycles. The highest BCUT2D eigenvalue weighted by Crippen LogP contribution is 2.34. The molecular formula is C26H33Cl2N3O2. The standard InChI is InChI=1S/C26H33Cl2N3O2/c1-18-24(9-8-23(27)25(18)28)33-22-12-16-30(17-13-22)21-10-14-31(15-11-21)26(32)19-4-6-20(7-5-19)29(2)3/h4-9,21-22H,10-17H2,1-3H3. The van der Waals surface area contributed by atoms with Gasteiger partial charge in [-0.15, -0.1) is 0 Å². The quantitative estimate of drug-likeness (QED) is 0.554. The van der Waals surface area contributed by atoms with Crippen LogP contribution in [-0.2, 0) is 0 Å². The van der Waals surface area contributed by atoms with E-state index in [0.717, 1.165) is 74.4 Å². The lowest BCUT2D eigenvalue weighted by Crippen LogP contribution is -2.50. The lowest BCUT2D eigenvalue weighted by molar-refractivity contribution is 0.0424. The van der Waals surface area contributed by atoms with E-state index in [9.17, 15) is 4.79 Å². The van der Waals surface area contributed by atoms with Gasteiger partial charge in [-0.25, -0.2) is 0 Å². The van der Waals surface area contributed by atoms with Gasteiger partial charge in [-0.3, -0.25) is 9.69 Å². The molecule has 0 saturated carbocycles. The third-order valence-electron chi connectivity index (χ3n) is 6.96. The predicted molar refractivity (Wildman–Crippen MR) is 136 cm³/mol. The van der Waals surface area contributed by atoms with Crippen LogP contribution in [0, 0.1) is 6.92 Å². The largest absolute Gasteiger partial charge is 0.490 e. The molecule has 0 atom stereocenters. The summed E-state index contributed by atoms with van der Waals surface area (Å²) in [6, 6.07) is 12.1. The van der Waals surface area contributed by atoms with Crippen LogP contribution in [0.1, 0.15) is 41.6 Å².